The van der Waals surface area contributed by atoms with E-state index in [1.807, 2.05) is 61.0 Å². The van der Waals surface area contributed by atoms with E-state index in [0.29, 0.717) is 18.4 Å². The number of benzene rings is 2. The van der Waals surface area contributed by atoms with Gasteiger partial charge in [-0.1, -0.05) is 36.4 Å². The maximum absolute atomic E-state index is 10.4. The number of phenolic OH excluding ortho intramolecular Hbond substituents is 1. The standard InChI is InChI=1S/C18H20N2O2/c1-12-19-17-15(20(12)2)10-8-14(18(17)22)9-11-16(21)13-6-4-3-5-7-13/h3-8,10,16,21-22H,9,11H2,1-2H3/t16-/m1/s1. The molecule has 0 amide bonds. The van der Waals surface area contributed by atoms with Crippen LogP contribution in [-0.2, 0) is 13.5 Å². The number of aromatic nitrogens is 2. The molecule has 2 aromatic carbocycles. The normalized spacial score (nSPS) is 12.7. The van der Waals surface area contributed by atoms with Gasteiger partial charge in [-0.05, 0) is 37.0 Å². The zero-order valence-corrected chi connectivity index (χ0v) is 12.8. The van der Waals surface area contributed by atoms with E-state index in [1.54, 1.807) is 0 Å². The van der Waals surface area contributed by atoms with Gasteiger partial charge in [0.1, 0.15) is 17.1 Å². The van der Waals surface area contributed by atoms with Crippen molar-refractivity contribution in [3.8, 4) is 5.75 Å². The van der Waals surface area contributed by atoms with Crippen molar-refractivity contribution in [2.45, 2.75) is 25.9 Å². The van der Waals surface area contributed by atoms with Crippen LogP contribution >= 0.6 is 0 Å². The highest BCUT2D eigenvalue weighted by atomic mass is 16.3. The minimum absolute atomic E-state index is 0.224. The summed E-state index contributed by atoms with van der Waals surface area (Å²) < 4.78 is 1.96. The molecule has 4 heteroatoms. The van der Waals surface area contributed by atoms with Gasteiger partial charge in [0, 0.05) is 7.05 Å². The highest BCUT2D eigenvalue weighted by Crippen LogP contribution is 2.30. The Morgan fingerprint density at radius 3 is 2.59 bits per heavy atom. The highest BCUT2D eigenvalue weighted by molar-refractivity contribution is 5.83. The first-order valence-electron chi connectivity index (χ1n) is 7.45. The summed E-state index contributed by atoms with van der Waals surface area (Å²) in [4.78, 5) is 4.41. The molecule has 0 spiro atoms. The Morgan fingerprint density at radius 1 is 1.14 bits per heavy atom. The lowest BCUT2D eigenvalue weighted by Crippen LogP contribution is -1.99. The topological polar surface area (TPSA) is 58.3 Å². The van der Waals surface area contributed by atoms with E-state index >= 15 is 0 Å². The molecule has 0 aliphatic carbocycles. The Balaban J connectivity index is 1.81. The van der Waals surface area contributed by atoms with Crippen LogP contribution in [0, 0.1) is 6.92 Å². The van der Waals surface area contributed by atoms with E-state index in [2.05, 4.69) is 4.98 Å². The summed E-state index contributed by atoms with van der Waals surface area (Å²) in [5, 5.41) is 20.6. The minimum atomic E-state index is -0.526. The predicted octanol–water partition coefficient (Wildman–Crippen LogP) is 3.25. The van der Waals surface area contributed by atoms with Crippen molar-refractivity contribution >= 4 is 11.0 Å². The van der Waals surface area contributed by atoms with Crippen LogP contribution in [0.1, 0.15) is 29.5 Å². The molecule has 0 aliphatic rings. The van der Waals surface area contributed by atoms with Crippen LogP contribution in [-0.4, -0.2) is 19.8 Å². The van der Waals surface area contributed by atoms with Gasteiger partial charge in [0.15, 0.2) is 0 Å². The summed E-state index contributed by atoms with van der Waals surface area (Å²) in [6.07, 6.45) is 0.643. The van der Waals surface area contributed by atoms with E-state index in [9.17, 15) is 10.2 Å². The molecule has 0 radical (unpaired) electrons. The predicted molar refractivity (Wildman–Crippen MR) is 86.8 cm³/mol. The van der Waals surface area contributed by atoms with Crippen molar-refractivity contribution in [1.82, 2.24) is 9.55 Å². The minimum Gasteiger partial charge on any atom is -0.505 e. The van der Waals surface area contributed by atoms with Gasteiger partial charge >= 0.3 is 0 Å². The average molecular weight is 296 g/mol. The molecule has 0 bridgehead atoms. The molecule has 0 fully saturated rings. The van der Waals surface area contributed by atoms with Crippen molar-refractivity contribution < 1.29 is 10.2 Å². The van der Waals surface area contributed by atoms with E-state index in [-0.39, 0.29) is 5.75 Å². The van der Waals surface area contributed by atoms with Crippen LogP contribution in [0.5, 0.6) is 5.75 Å². The second-order valence-corrected chi connectivity index (χ2v) is 5.62. The fraction of sp³-hybridized carbons (Fsp3) is 0.278. The monoisotopic (exact) mass is 296 g/mol. The third-order valence-electron chi connectivity index (χ3n) is 4.21. The number of imidazole rings is 1. The molecule has 0 saturated carbocycles. The second kappa shape index (κ2) is 5.81. The first-order chi connectivity index (χ1) is 10.6. The summed E-state index contributed by atoms with van der Waals surface area (Å²) in [7, 11) is 1.93. The number of hydrogen-bond acceptors (Lipinski definition) is 3. The van der Waals surface area contributed by atoms with Crippen LogP contribution in [0.2, 0.25) is 0 Å². The molecule has 1 aromatic heterocycles. The molecule has 114 valence electrons. The number of aliphatic hydroxyl groups is 1. The molecule has 1 heterocycles. The third kappa shape index (κ3) is 2.57. The van der Waals surface area contributed by atoms with Gasteiger partial charge in [0.25, 0.3) is 0 Å². The third-order valence-corrected chi connectivity index (χ3v) is 4.21. The summed E-state index contributed by atoms with van der Waals surface area (Å²) in [5.41, 5.74) is 3.27. The molecular weight excluding hydrogens is 276 g/mol. The zero-order valence-electron chi connectivity index (χ0n) is 12.8. The largest absolute Gasteiger partial charge is 0.505 e. The maximum Gasteiger partial charge on any atom is 0.146 e. The number of aryl methyl sites for hydroxylation is 3. The van der Waals surface area contributed by atoms with Crippen molar-refractivity contribution in [2.75, 3.05) is 0 Å². The molecule has 0 unspecified atom stereocenters. The Bertz CT molecular complexity index is 794. The van der Waals surface area contributed by atoms with Gasteiger partial charge in [-0.25, -0.2) is 4.98 Å². The average Bonchev–Trinajstić information content (AvgIpc) is 2.83. The molecule has 3 rings (SSSR count). The lowest BCUT2D eigenvalue weighted by Gasteiger charge is -2.11. The molecule has 2 N–H and O–H groups in total. The Morgan fingerprint density at radius 2 is 1.86 bits per heavy atom. The van der Waals surface area contributed by atoms with Crippen molar-refractivity contribution in [3.63, 3.8) is 0 Å². The second-order valence-electron chi connectivity index (χ2n) is 5.62. The van der Waals surface area contributed by atoms with Gasteiger partial charge in [0.2, 0.25) is 0 Å². The van der Waals surface area contributed by atoms with Gasteiger partial charge in [-0.2, -0.15) is 0 Å². The quantitative estimate of drug-likeness (QED) is 0.777. The van der Waals surface area contributed by atoms with E-state index in [4.69, 9.17) is 0 Å². The summed E-state index contributed by atoms with van der Waals surface area (Å²) >= 11 is 0. The van der Waals surface area contributed by atoms with E-state index in [0.717, 1.165) is 22.5 Å². The fourth-order valence-corrected chi connectivity index (χ4v) is 2.74. The molecule has 3 aromatic rings. The van der Waals surface area contributed by atoms with Crippen LogP contribution in [0.4, 0.5) is 0 Å². The van der Waals surface area contributed by atoms with E-state index in [1.165, 1.54) is 0 Å². The van der Waals surface area contributed by atoms with Gasteiger partial charge in [0.05, 0.1) is 11.6 Å². The first-order valence-corrected chi connectivity index (χ1v) is 7.45. The number of nitrogens with zero attached hydrogens (tertiary/aromatic N) is 2. The summed E-state index contributed by atoms with van der Waals surface area (Å²) in [6.45, 7) is 1.91. The molecule has 0 saturated heterocycles. The first kappa shape index (κ1) is 14.6. The number of phenols is 1. The Labute approximate surface area is 129 Å². The van der Waals surface area contributed by atoms with Crippen LogP contribution in [0.25, 0.3) is 11.0 Å². The van der Waals surface area contributed by atoms with Crippen molar-refractivity contribution in [2.24, 2.45) is 7.05 Å². The number of fused-ring (bicyclic) bond motifs is 1. The molecule has 1 atom stereocenters. The molecular formula is C18H20N2O2. The van der Waals surface area contributed by atoms with Crippen LogP contribution < -0.4 is 0 Å². The number of aromatic hydroxyl groups is 1. The van der Waals surface area contributed by atoms with Crippen LogP contribution in [0.3, 0.4) is 0 Å². The highest BCUT2D eigenvalue weighted by Gasteiger charge is 2.14. The lowest BCUT2D eigenvalue weighted by atomic mass is 10.0. The number of rotatable bonds is 4. The Kier molecular flexibility index (Phi) is 3.86. The maximum atomic E-state index is 10.4. The van der Waals surface area contributed by atoms with Crippen molar-refractivity contribution in [1.29, 1.82) is 0 Å². The number of hydrogen-bond donors (Lipinski definition) is 2. The van der Waals surface area contributed by atoms with Gasteiger partial charge in [-0.15, -0.1) is 0 Å². The SMILES string of the molecule is Cc1nc2c(O)c(CC[C@@H](O)c3ccccc3)ccc2n1C. The summed E-state index contributed by atoms with van der Waals surface area (Å²) in [5.74, 6) is 1.09. The summed E-state index contributed by atoms with van der Waals surface area (Å²) in [6, 6.07) is 13.5. The number of aliphatic hydroxyl groups excluding tert-OH is 1. The van der Waals surface area contributed by atoms with Crippen molar-refractivity contribution in [3.05, 3.63) is 59.4 Å². The van der Waals surface area contributed by atoms with Gasteiger partial charge in [-0.3, -0.25) is 0 Å². The molecule has 4 nitrogen and oxygen atoms in total. The zero-order chi connectivity index (χ0) is 15.7. The fourth-order valence-electron chi connectivity index (χ4n) is 2.74. The Hall–Kier alpha value is -2.33. The van der Waals surface area contributed by atoms with E-state index < -0.39 is 6.10 Å². The van der Waals surface area contributed by atoms with Crippen LogP contribution in [0.15, 0.2) is 42.5 Å². The lowest BCUT2D eigenvalue weighted by molar-refractivity contribution is 0.167. The molecule has 22 heavy (non-hydrogen) atoms. The van der Waals surface area contributed by atoms with Gasteiger partial charge < -0.3 is 14.8 Å². The molecule has 0 aliphatic heterocycles. The smallest absolute Gasteiger partial charge is 0.146 e.